The lowest BCUT2D eigenvalue weighted by Crippen LogP contribution is -2.17. The van der Waals surface area contributed by atoms with Gasteiger partial charge in [-0.3, -0.25) is 14.6 Å². The molecule has 15 heavy (non-hydrogen) atoms. The van der Waals surface area contributed by atoms with Gasteiger partial charge in [-0.15, -0.1) is 0 Å². The van der Waals surface area contributed by atoms with E-state index in [9.17, 15) is 0 Å². The Morgan fingerprint density at radius 1 is 1.40 bits per heavy atom. The molecular weight excluding hydrogens is 214 g/mol. The van der Waals surface area contributed by atoms with Crippen molar-refractivity contribution in [1.29, 1.82) is 0 Å². The molecule has 0 radical (unpaired) electrons. The van der Waals surface area contributed by atoms with E-state index >= 15 is 0 Å². The van der Waals surface area contributed by atoms with Gasteiger partial charge < -0.3 is 5.73 Å². The van der Waals surface area contributed by atoms with E-state index in [1.807, 2.05) is 0 Å². The molecule has 0 aliphatic carbocycles. The summed E-state index contributed by atoms with van der Waals surface area (Å²) < 4.78 is 1.64. The molecule has 6 heteroatoms. The molecule has 78 valence electrons. The van der Waals surface area contributed by atoms with Crippen molar-refractivity contribution in [2.45, 2.75) is 6.04 Å². The minimum Gasteiger partial charge on any atom is -0.318 e. The Bertz CT molecular complexity index is 433. The Labute approximate surface area is 91.9 Å². The Balaban J connectivity index is 2.41. The maximum absolute atomic E-state index is 6.01. The van der Waals surface area contributed by atoms with Gasteiger partial charge in [0.25, 0.3) is 0 Å². The van der Waals surface area contributed by atoms with E-state index in [-0.39, 0.29) is 0 Å². The third kappa shape index (κ3) is 1.84. The quantitative estimate of drug-likeness (QED) is 0.822. The van der Waals surface area contributed by atoms with Crippen LogP contribution in [0.25, 0.3) is 0 Å². The minimum absolute atomic E-state index is 0.404. The smallest absolute Gasteiger partial charge is 0.0927 e. The third-order valence-electron chi connectivity index (χ3n) is 2.13. The molecule has 0 spiro atoms. The highest BCUT2D eigenvalue weighted by Crippen LogP contribution is 2.23. The zero-order valence-electron chi connectivity index (χ0n) is 8.13. The molecule has 2 aromatic heterocycles. The number of nitrogens with zero attached hydrogens (tertiary/aromatic N) is 4. The van der Waals surface area contributed by atoms with E-state index < -0.39 is 6.04 Å². The molecule has 2 rings (SSSR count). The molecule has 1 unspecified atom stereocenters. The van der Waals surface area contributed by atoms with E-state index in [1.54, 1.807) is 36.5 Å². The van der Waals surface area contributed by atoms with Crippen molar-refractivity contribution < 1.29 is 0 Å². The molecule has 1 atom stereocenters. The maximum atomic E-state index is 6.01. The Hall–Kier alpha value is -1.46. The van der Waals surface area contributed by atoms with E-state index in [0.717, 1.165) is 5.69 Å². The number of nitrogens with two attached hydrogens (primary N) is 1. The zero-order valence-corrected chi connectivity index (χ0v) is 8.89. The molecule has 0 bridgehead atoms. The monoisotopic (exact) mass is 223 g/mol. The van der Waals surface area contributed by atoms with Gasteiger partial charge in [-0.1, -0.05) is 11.6 Å². The fraction of sp³-hybridized carbons (Fsp3) is 0.222. The van der Waals surface area contributed by atoms with Gasteiger partial charge in [0.05, 0.1) is 34.8 Å². The second-order valence-corrected chi connectivity index (χ2v) is 3.52. The lowest BCUT2D eigenvalue weighted by molar-refractivity contribution is 0.662. The van der Waals surface area contributed by atoms with Crippen LogP contribution >= 0.6 is 11.6 Å². The summed E-state index contributed by atoms with van der Waals surface area (Å²) in [6.07, 6.45) is 6.38. The summed E-state index contributed by atoms with van der Waals surface area (Å²) in [4.78, 5) is 8.09. The molecule has 2 aromatic rings. The van der Waals surface area contributed by atoms with Gasteiger partial charge in [-0.25, -0.2) is 0 Å². The van der Waals surface area contributed by atoms with E-state index in [4.69, 9.17) is 17.3 Å². The number of rotatable bonds is 2. The van der Waals surface area contributed by atoms with Crippen LogP contribution in [0.2, 0.25) is 5.02 Å². The van der Waals surface area contributed by atoms with Gasteiger partial charge in [0.2, 0.25) is 0 Å². The van der Waals surface area contributed by atoms with Gasteiger partial charge in [-0.05, 0) is 0 Å². The highest BCUT2D eigenvalue weighted by atomic mass is 35.5. The number of aryl methyl sites for hydroxylation is 1. The van der Waals surface area contributed by atoms with Crippen LogP contribution in [0.1, 0.15) is 17.4 Å². The molecule has 0 fully saturated rings. The molecule has 2 heterocycles. The summed E-state index contributed by atoms with van der Waals surface area (Å²) in [5.41, 5.74) is 7.42. The summed E-state index contributed by atoms with van der Waals surface area (Å²) in [6.45, 7) is 0. The van der Waals surface area contributed by atoms with Gasteiger partial charge in [0.1, 0.15) is 0 Å². The van der Waals surface area contributed by atoms with Crippen molar-refractivity contribution in [3.63, 3.8) is 0 Å². The second-order valence-electron chi connectivity index (χ2n) is 3.11. The normalized spacial score (nSPS) is 12.7. The first kappa shape index (κ1) is 10.1. The summed E-state index contributed by atoms with van der Waals surface area (Å²) in [7, 11) is 1.79. The molecular formula is C9H10ClN5. The predicted octanol–water partition coefficient (Wildman–Crippen LogP) is 0.912. The highest BCUT2D eigenvalue weighted by Gasteiger charge is 2.17. The van der Waals surface area contributed by atoms with Crippen LogP contribution in [0.15, 0.2) is 24.8 Å². The number of halogens is 1. The molecule has 0 aliphatic rings. The first-order chi connectivity index (χ1) is 7.20. The van der Waals surface area contributed by atoms with E-state index in [0.29, 0.717) is 10.7 Å². The van der Waals surface area contributed by atoms with Gasteiger partial charge in [0, 0.05) is 19.4 Å². The van der Waals surface area contributed by atoms with Crippen LogP contribution in [0, 0.1) is 0 Å². The summed E-state index contributed by atoms with van der Waals surface area (Å²) in [5.74, 6) is 0. The standard InChI is InChI=1S/C9H10ClN5/c1-15-9(6(10)4-14-15)8(11)7-5-12-2-3-13-7/h2-5,8H,11H2,1H3. The van der Waals surface area contributed by atoms with Crippen molar-refractivity contribution in [3.8, 4) is 0 Å². The van der Waals surface area contributed by atoms with Gasteiger partial charge in [0.15, 0.2) is 0 Å². The van der Waals surface area contributed by atoms with Crippen molar-refractivity contribution in [1.82, 2.24) is 19.7 Å². The Kier molecular flexibility index (Phi) is 2.66. The lowest BCUT2D eigenvalue weighted by Gasteiger charge is -2.11. The summed E-state index contributed by atoms with van der Waals surface area (Å²) in [6, 6.07) is -0.404. The molecule has 0 aromatic carbocycles. The van der Waals surface area contributed by atoms with Gasteiger partial charge >= 0.3 is 0 Å². The first-order valence-corrected chi connectivity index (χ1v) is 4.77. The fourth-order valence-corrected chi connectivity index (χ4v) is 1.66. The van der Waals surface area contributed by atoms with E-state index in [2.05, 4.69) is 15.1 Å². The maximum Gasteiger partial charge on any atom is 0.0927 e. The first-order valence-electron chi connectivity index (χ1n) is 4.39. The highest BCUT2D eigenvalue weighted by molar-refractivity contribution is 6.31. The van der Waals surface area contributed by atoms with Crippen molar-refractivity contribution >= 4 is 11.6 Å². The fourth-order valence-electron chi connectivity index (χ4n) is 1.38. The summed E-state index contributed by atoms with van der Waals surface area (Å²) in [5, 5.41) is 4.56. The third-order valence-corrected chi connectivity index (χ3v) is 2.43. The number of hydrogen-bond donors (Lipinski definition) is 1. The van der Waals surface area contributed by atoms with Crippen LogP contribution < -0.4 is 5.73 Å². The largest absolute Gasteiger partial charge is 0.318 e. The Morgan fingerprint density at radius 3 is 2.73 bits per heavy atom. The topological polar surface area (TPSA) is 69.6 Å². The second kappa shape index (κ2) is 3.96. The average molecular weight is 224 g/mol. The number of aromatic nitrogens is 4. The molecule has 0 amide bonds. The Morgan fingerprint density at radius 2 is 2.20 bits per heavy atom. The molecule has 2 N–H and O–H groups in total. The van der Waals surface area contributed by atoms with Crippen molar-refractivity contribution in [2.24, 2.45) is 12.8 Å². The summed E-state index contributed by atoms with van der Waals surface area (Å²) >= 11 is 5.98. The van der Waals surface area contributed by atoms with Crippen LogP contribution in [0.5, 0.6) is 0 Å². The lowest BCUT2D eigenvalue weighted by atomic mass is 10.1. The van der Waals surface area contributed by atoms with Crippen LogP contribution in [0.3, 0.4) is 0 Å². The van der Waals surface area contributed by atoms with E-state index in [1.165, 1.54) is 0 Å². The minimum atomic E-state index is -0.404. The van der Waals surface area contributed by atoms with Crippen LogP contribution in [-0.2, 0) is 7.05 Å². The predicted molar refractivity (Wildman–Crippen MR) is 56.3 cm³/mol. The molecule has 0 saturated heterocycles. The zero-order chi connectivity index (χ0) is 10.8. The van der Waals surface area contributed by atoms with Crippen molar-refractivity contribution in [2.75, 3.05) is 0 Å². The number of hydrogen-bond acceptors (Lipinski definition) is 4. The molecule has 0 saturated carbocycles. The average Bonchev–Trinajstić information content (AvgIpc) is 2.59. The van der Waals surface area contributed by atoms with Crippen LogP contribution in [-0.4, -0.2) is 19.7 Å². The molecule has 5 nitrogen and oxygen atoms in total. The SMILES string of the molecule is Cn1ncc(Cl)c1C(N)c1cnccn1. The molecule has 0 aliphatic heterocycles. The van der Waals surface area contributed by atoms with Crippen molar-refractivity contribution in [3.05, 3.63) is 41.2 Å². The van der Waals surface area contributed by atoms with Gasteiger partial charge in [-0.2, -0.15) is 5.10 Å². The van der Waals surface area contributed by atoms with Crippen LogP contribution in [0.4, 0.5) is 0 Å².